The van der Waals surface area contributed by atoms with E-state index in [9.17, 15) is 40.5 Å². The summed E-state index contributed by atoms with van der Waals surface area (Å²) in [6, 6.07) is 5.15. The summed E-state index contributed by atoms with van der Waals surface area (Å²) in [6.45, 7) is 9.72. The summed E-state index contributed by atoms with van der Waals surface area (Å²) >= 11 is 0. The maximum absolute atomic E-state index is 14.2. The van der Waals surface area contributed by atoms with Gasteiger partial charge in [0.1, 0.15) is 11.9 Å². The molecule has 1 saturated heterocycles. The molecular weight excluding hydrogens is 600 g/mol. The number of phenols is 1. The first-order valence-corrected chi connectivity index (χ1v) is 17.8. The van der Waals surface area contributed by atoms with Crippen molar-refractivity contribution >= 4 is 5.78 Å². The van der Waals surface area contributed by atoms with E-state index >= 15 is 0 Å². The fraction of sp³-hybridized carbons (Fsp3) is 0.763. The molecule has 0 aromatic heterocycles. The Bertz CT molecular complexity index is 1410. The van der Waals surface area contributed by atoms with E-state index in [1.807, 2.05) is 19.9 Å². The van der Waals surface area contributed by atoms with Gasteiger partial charge in [0.25, 0.3) is 0 Å². The molecule has 0 radical (unpaired) electrons. The number of aliphatic hydroxyl groups excluding tert-OH is 4. The quantitative estimate of drug-likeness (QED) is 0.187. The summed E-state index contributed by atoms with van der Waals surface area (Å²) < 4.78 is 6.22. The van der Waals surface area contributed by atoms with Crippen LogP contribution in [0.1, 0.15) is 90.7 Å². The summed E-state index contributed by atoms with van der Waals surface area (Å²) in [5.41, 5.74) is -3.29. The Morgan fingerprint density at radius 2 is 1.72 bits per heavy atom. The minimum atomic E-state index is -1.45. The number of rotatable bonds is 10. The Balaban J connectivity index is 1.45. The lowest BCUT2D eigenvalue weighted by Crippen LogP contribution is -2.67. The van der Waals surface area contributed by atoms with Crippen LogP contribution in [0.4, 0.5) is 0 Å². The molecule has 9 heteroatoms. The lowest BCUT2D eigenvalue weighted by molar-refractivity contribution is -0.195. The standard InChI is InChI=1S/C38H56O9/c1-21(2)22(3)32-33(47-32)35(5,45)30-10-14-38(46)27-17-31(44)37(20-40)19-29(43)28(42)18-34(37,4)26(27)9-13-36(30,38)12-8-24-16-25(41)7-6-23(24)11-15-39/h6-7,16-17,21-22,26,28-30,32-33,39-43,45-46H,8-15,18-20H2,1-5H3/t22-,26-,28+,29-,30+,32-,33-,34-,35-,36-,37+,38+/m1/s1. The van der Waals surface area contributed by atoms with Gasteiger partial charge in [-0.25, -0.2) is 0 Å². The van der Waals surface area contributed by atoms with Crippen LogP contribution in [0.3, 0.4) is 0 Å². The zero-order valence-electron chi connectivity index (χ0n) is 28.7. The van der Waals surface area contributed by atoms with E-state index in [1.54, 1.807) is 18.2 Å². The minimum absolute atomic E-state index is 0.0406. The Morgan fingerprint density at radius 1 is 1.02 bits per heavy atom. The predicted octanol–water partition coefficient (Wildman–Crippen LogP) is 3.22. The summed E-state index contributed by atoms with van der Waals surface area (Å²) in [4.78, 5) is 14.2. The van der Waals surface area contributed by atoms with E-state index in [2.05, 4.69) is 20.8 Å². The minimum Gasteiger partial charge on any atom is -0.508 e. The molecule has 4 aliphatic carbocycles. The van der Waals surface area contributed by atoms with Crippen molar-refractivity contribution in [1.29, 1.82) is 0 Å². The van der Waals surface area contributed by atoms with Crippen molar-refractivity contribution in [2.24, 2.45) is 39.9 Å². The average Bonchev–Trinajstić information content (AvgIpc) is 3.76. The third kappa shape index (κ3) is 5.01. The molecule has 5 aliphatic rings. The van der Waals surface area contributed by atoms with Crippen molar-refractivity contribution in [3.8, 4) is 5.75 Å². The SMILES string of the molecule is CC(C)[C@@H](C)[C@H]1O[C@H]1[C@](C)(O)[C@@H]1CC[C@]2(O)C3=CC(=O)[C@@]4(CO)C[C@@H](O)[C@@H](O)C[C@]4(C)[C@@H]3CC[C@]12CCc1cc(O)ccc1CCO. The highest BCUT2D eigenvalue weighted by Gasteiger charge is 2.74. The lowest BCUT2D eigenvalue weighted by atomic mass is 9.40. The highest BCUT2D eigenvalue weighted by molar-refractivity contribution is 5.98. The number of carbonyl (C=O) groups excluding carboxylic acids is 1. The van der Waals surface area contributed by atoms with Crippen molar-refractivity contribution in [2.75, 3.05) is 13.2 Å². The zero-order valence-corrected chi connectivity index (χ0v) is 28.7. The Labute approximate surface area is 278 Å². The second kappa shape index (κ2) is 11.9. The van der Waals surface area contributed by atoms with Crippen LogP contribution < -0.4 is 0 Å². The molecule has 0 spiro atoms. The molecule has 0 unspecified atom stereocenters. The normalized spacial score (nSPS) is 43.1. The van der Waals surface area contributed by atoms with E-state index in [0.29, 0.717) is 56.4 Å². The van der Waals surface area contributed by atoms with Crippen molar-refractivity contribution in [3.63, 3.8) is 0 Å². The summed E-state index contributed by atoms with van der Waals surface area (Å²) in [5.74, 6) is -0.263. The number of ketones is 1. The van der Waals surface area contributed by atoms with Crippen LogP contribution in [0.15, 0.2) is 29.8 Å². The Kier molecular flexibility index (Phi) is 8.85. The topological polar surface area (TPSA) is 171 Å². The molecule has 1 aromatic rings. The van der Waals surface area contributed by atoms with Gasteiger partial charge in [-0.05, 0) is 129 Å². The molecule has 1 aliphatic heterocycles. The molecule has 7 N–H and O–H groups in total. The van der Waals surface area contributed by atoms with Crippen LogP contribution in [-0.2, 0) is 22.4 Å². The van der Waals surface area contributed by atoms with E-state index in [0.717, 1.165) is 11.1 Å². The number of aryl methyl sites for hydroxylation is 1. The van der Waals surface area contributed by atoms with Crippen molar-refractivity contribution in [2.45, 2.75) is 128 Å². The molecule has 4 fully saturated rings. The van der Waals surface area contributed by atoms with Crippen LogP contribution in [0.5, 0.6) is 5.75 Å². The Morgan fingerprint density at radius 3 is 2.38 bits per heavy atom. The van der Waals surface area contributed by atoms with Gasteiger partial charge in [-0.3, -0.25) is 4.79 Å². The largest absolute Gasteiger partial charge is 0.508 e. The molecule has 3 saturated carbocycles. The molecule has 1 aromatic carbocycles. The van der Waals surface area contributed by atoms with E-state index in [-0.39, 0.29) is 60.9 Å². The third-order valence-electron chi connectivity index (χ3n) is 14.3. The number of epoxide rings is 1. The van der Waals surface area contributed by atoms with Gasteiger partial charge in [0.15, 0.2) is 5.78 Å². The second-order valence-electron chi connectivity index (χ2n) is 16.6. The Hall–Kier alpha value is -1.85. The number of ether oxygens (including phenoxy) is 1. The van der Waals surface area contributed by atoms with Gasteiger partial charge < -0.3 is 40.5 Å². The number of aliphatic hydroxyl groups is 6. The highest BCUT2D eigenvalue weighted by Crippen LogP contribution is 2.72. The monoisotopic (exact) mass is 656 g/mol. The fourth-order valence-corrected chi connectivity index (χ4v) is 11.2. The lowest BCUT2D eigenvalue weighted by Gasteiger charge is -2.64. The number of benzene rings is 1. The molecule has 9 nitrogen and oxygen atoms in total. The van der Waals surface area contributed by atoms with Gasteiger partial charge >= 0.3 is 0 Å². The fourth-order valence-electron chi connectivity index (χ4n) is 11.2. The van der Waals surface area contributed by atoms with E-state index < -0.39 is 46.3 Å². The number of phenolic OH excluding ortho intramolecular Hbond substituents is 1. The summed E-state index contributed by atoms with van der Waals surface area (Å²) in [6.07, 6.45) is 2.37. The van der Waals surface area contributed by atoms with Crippen LogP contribution in [0.2, 0.25) is 0 Å². The predicted molar refractivity (Wildman–Crippen MR) is 175 cm³/mol. The van der Waals surface area contributed by atoms with Crippen molar-refractivity contribution < 1.29 is 45.3 Å². The molecule has 1 heterocycles. The summed E-state index contributed by atoms with van der Waals surface area (Å²) in [7, 11) is 0. The molecular formula is C38H56O9. The zero-order chi connectivity index (χ0) is 34.3. The molecule has 47 heavy (non-hydrogen) atoms. The van der Waals surface area contributed by atoms with Gasteiger partial charge in [0, 0.05) is 12.0 Å². The van der Waals surface area contributed by atoms with E-state index in [1.165, 1.54) is 0 Å². The first kappa shape index (κ1) is 35.0. The van der Waals surface area contributed by atoms with Crippen molar-refractivity contribution in [1.82, 2.24) is 0 Å². The average molecular weight is 657 g/mol. The maximum Gasteiger partial charge on any atom is 0.164 e. The van der Waals surface area contributed by atoms with Crippen LogP contribution in [0, 0.1) is 39.9 Å². The van der Waals surface area contributed by atoms with Gasteiger partial charge in [-0.15, -0.1) is 0 Å². The number of fused-ring (bicyclic) bond motifs is 5. The maximum atomic E-state index is 14.2. The highest BCUT2D eigenvalue weighted by atomic mass is 16.6. The van der Waals surface area contributed by atoms with Crippen molar-refractivity contribution in [3.05, 3.63) is 41.0 Å². The van der Waals surface area contributed by atoms with Gasteiger partial charge in [-0.1, -0.05) is 33.8 Å². The van der Waals surface area contributed by atoms with Crippen LogP contribution in [-0.4, -0.2) is 90.4 Å². The number of carbonyl (C=O) groups is 1. The second-order valence-corrected chi connectivity index (χ2v) is 16.6. The number of hydrogen-bond acceptors (Lipinski definition) is 9. The molecule has 6 rings (SSSR count). The first-order valence-electron chi connectivity index (χ1n) is 17.8. The first-order chi connectivity index (χ1) is 22.0. The van der Waals surface area contributed by atoms with Gasteiger partial charge in [0.05, 0.1) is 41.5 Å². The smallest absolute Gasteiger partial charge is 0.164 e. The number of allylic oxidation sites excluding steroid dienone is 1. The van der Waals surface area contributed by atoms with Gasteiger partial charge in [-0.2, -0.15) is 0 Å². The summed E-state index contributed by atoms with van der Waals surface area (Å²) in [5, 5.41) is 78.2. The van der Waals surface area contributed by atoms with Gasteiger partial charge in [0.2, 0.25) is 0 Å². The van der Waals surface area contributed by atoms with E-state index in [4.69, 9.17) is 4.74 Å². The van der Waals surface area contributed by atoms with Crippen LogP contribution in [0.25, 0.3) is 0 Å². The number of hydrogen-bond donors (Lipinski definition) is 7. The van der Waals surface area contributed by atoms with Crippen LogP contribution >= 0.6 is 0 Å². The third-order valence-corrected chi connectivity index (χ3v) is 14.3. The molecule has 0 amide bonds. The molecule has 0 bridgehead atoms. The molecule has 12 atom stereocenters. The number of aromatic hydroxyl groups is 1. The molecule has 262 valence electrons.